The van der Waals surface area contributed by atoms with Crippen molar-refractivity contribution in [1.29, 1.82) is 0 Å². The second-order valence-electron chi connectivity index (χ2n) is 4.64. The van der Waals surface area contributed by atoms with Crippen molar-refractivity contribution < 1.29 is 9.37 Å². The van der Waals surface area contributed by atoms with Crippen LogP contribution in [0.2, 0.25) is 0 Å². The van der Waals surface area contributed by atoms with Gasteiger partial charge in [0.25, 0.3) is 4.38 Å². The molecule has 0 radical (unpaired) electrons. The summed E-state index contributed by atoms with van der Waals surface area (Å²) in [5.41, 5.74) is 1.25. The highest BCUT2D eigenvalue weighted by atomic mass is 32.2. The first-order valence-corrected chi connectivity index (χ1v) is 9.82. The molecule has 0 atom stereocenters. The third-order valence-electron chi connectivity index (χ3n) is 3.28. The molecular formula is C14H21N2OS3+. The monoisotopic (exact) mass is 329 g/mol. The molecule has 2 aliphatic rings. The van der Waals surface area contributed by atoms with Crippen molar-refractivity contribution in [1.82, 2.24) is 4.90 Å². The molecule has 3 nitrogen and oxygen atoms in total. The van der Waals surface area contributed by atoms with Gasteiger partial charge in [-0.2, -0.15) is 0 Å². The highest BCUT2D eigenvalue weighted by Crippen LogP contribution is 2.43. The number of rotatable bonds is 4. The van der Waals surface area contributed by atoms with Crippen LogP contribution >= 0.6 is 35.3 Å². The predicted octanol–water partition coefficient (Wildman–Crippen LogP) is 3.89. The summed E-state index contributed by atoms with van der Waals surface area (Å²) in [6.07, 6.45) is 4.35. The largest absolute Gasteiger partial charge is 0.430 e. The molecule has 0 unspecified atom stereocenters. The smallest absolute Gasteiger partial charge is 0.338 e. The first-order chi connectivity index (χ1) is 9.63. The molecule has 0 aromatic heterocycles. The van der Waals surface area contributed by atoms with Crippen molar-refractivity contribution in [3.8, 4) is 0 Å². The van der Waals surface area contributed by atoms with Gasteiger partial charge in [-0.15, -0.1) is 4.58 Å². The number of carbonyl (C=O) groups excluding carboxylic acids is 1. The van der Waals surface area contributed by atoms with Gasteiger partial charge in [0.1, 0.15) is 5.03 Å². The van der Waals surface area contributed by atoms with Crippen LogP contribution in [-0.2, 0) is 4.79 Å². The fourth-order valence-electron chi connectivity index (χ4n) is 2.15. The molecule has 0 saturated carbocycles. The molecule has 0 bridgehead atoms. The molecule has 2 rings (SSSR count). The van der Waals surface area contributed by atoms with Gasteiger partial charge in [-0.05, 0) is 31.9 Å². The number of hydrogen-bond donors (Lipinski definition) is 0. The lowest BCUT2D eigenvalue weighted by Crippen LogP contribution is -2.23. The first kappa shape index (κ1) is 16.0. The zero-order valence-corrected chi connectivity index (χ0v) is 14.9. The molecule has 0 saturated heterocycles. The highest BCUT2D eigenvalue weighted by Gasteiger charge is 2.41. The molecule has 20 heavy (non-hydrogen) atoms. The molecule has 2 aliphatic heterocycles. The molecule has 0 N–H and O–H groups in total. The van der Waals surface area contributed by atoms with Gasteiger partial charge in [0, 0.05) is 24.0 Å². The quantitative estimate of drug-likeness (QED) is 0.575. The molecule has 0 aromatic carbocycles. The number of likely N-dealkylation sites (N-methyl/N-ethyl adjacent to an activating group) is 1. The lowest BCUT2D eigenvalue weighted by atomic mass is 10.3. The Morgan fingerprint density at radius 1 is 1.40 bits per heavy atom. The number of hydrogen-bond acceptors (Lipinski definition) is 5. The van der Waals surface area contributed by atoms with Crippen molar-refractivity contribution in [3.63, 3.8) is 0 Å². The average Bonchev–Trinajstić information content (AvgIpc) is 2.96. The third-order valence-corrected chi connectivity index (χ3v) is 6.80. The van der Waals surface area contributed by atoms with Crippen LogP contribution in [0.5, 0.6) is 0 Å². The highest BCUT2D eigenvalue weighted by molar-refractivity contribution is 8.40. The van der Waals surface area contributed by atoms with E-state index in [9.17, 15) is 4.79 Å². The second kappa shape index (κ2) is 7.09. The van der Waals surface area contributed by atoms with E-state index in [0.29, 0.717) is 0 Å². The molecule has 0 aliphatic carbocycles. The second-order valence-corrected chi connectivity index (χ2v) is 7.55. The number of allylic oxidation sites excluding steroid dienone is 1. The van der Waals surface area contributed by atoms with E-state index in [2.05, 4.69) is 24.2 Å². The molecule has 0 aromatic rings. The third kappa shape index (κ3) is 2.97. The maximum Gasteiger partial charge on any atom is 0.430 e. The van der Waals surface area contributed by atoms with Crippen LogP contribution in [0.25, 0.3) is 0 Å². The Balaban J connectivity index is 2.28. The van der Waals surface area contributed by atoms with Crippen LogP contribution < -0.4 is 0 Å². The van der Waals surface area contributed by atoms with Gasteiger partial charge in [0.05, 0.1) is 0 Å². The van der Waals surface area contributed by atoms with Crippen molar-refractivity contribution in [2.24, 2.45) is 0 Å². The summed E-state index contributed by atoms with van der Waals surface area (Å²) in [6.45, 7) is 8.09. The maximum atomic E-state index is 12.6. The molecular weight excluding hydrogens is 308 g/mol. The van der Waals surface area contributed by atoms with Crippen LogP contribution in [0, 0.1) is 0 Å². The lowest BCUT2D eigenvalue weighted by molar-refractivity contribution is -0.433. The maximum absolute atomic E-state index is 12.6. The summed E-state index contributed by atoms with van der Waals surface area (Å²) in [6, 6.07) is 0. The van der Waals surface area contributed by atoms with E-state index in [-0.39, 0.29) is 5.91 Å². The average molecular weight is 330 g/mol. The summed E-state index contributed by atoms with van der Waals surface area (Å²) < 4.78 is 2.98. The van der Waals surface area contributed by atoms with Crippen molar-refractivity contribution in [2.75, 3.05) is 19.3 Å². The number of amides is 1. The van der Waals surface area contributed by atoms with E-state index in [0.717, 1.165) is 33.8 Å². The van der Waals surface area contributed by atoms with Crippen LogP contribution in [-0.4, -0.2) is 39.1 Å². The van der Waals surface area contributed by atoms with E-state index < -0.39 is 0 Å². The minimum absolute atomic E-state index is 0.161. The van der Waals surface area contributed by atoms with E-state index in [1.54, 1.807) is 35.3 Å². The summed E-state index contributed by atoms with van der Waals surface area (Å²) in [4.78, 5) is 15.8. The van der Waals surface area contributed by atoms with Gasteiger partial charge in [-0.3, -0.25) is 0 Å². The summed E-state index contributed by atoms with van der Waals surface area (Å²) >= 11 is 4.97. The normalized spacial score (nSPS) is 23.1. The Labute approximate surface area is 133 Å². The van der Waals surface area contributed by atoms with Crippen molar-refractivity contribution in [2.45, 2.75) is 33.6 Å². The van der Waals surface area contributed by atoms with Crippen molar-refractivity contribution in [3.05, 3.63) is 21.0 Å². The van der Waals surface area contributed by atoms with Gasteiger partial charge < -0.3 is 4.90 Å². The SMILES string of the molecule is CCCCN1C(C)=CSC1=C1SC(SC)=[N+](CC)C1=O. The fraction of sp³-hybridized carbons (Fsp3) is 0.571. The van der Waals surface area contributed by atoms with Gasteiger partial charge in [0.2, 0.25) is 0 Å². The molecule has 2 heterocycles. The Kier molecular flexibility index (Phi) is 5.69. The van der Waals surface area contributed by atoms with Gasteiger partial charge in [0.15, 0.2) is 11.4 Å². The Morgan fingerprint density at radius 2 is 2.15 bits per heavy atom. The zero-order chi connectivity index (χ0) is 14.7. The topological polar surface area (TPSA) is 23.3 Å². The van der Waals surface area contributed by atoms with Crippen LogP contribution in [0.15, 0.2) is 21.0 Å². The Morgan fingerprint density at radius 3 is 2.70 bits per heavy atom. The Bertz CT molecular complexity index is 509. The summed E-state index contributed by atoms with van der Waals surface area (Å²) in [5, 5.41) is 3.27. The molecule has 6 heteroatoms. The molecule has 110 valence electrons. The Hall–Kier alpha value is -0.330. The predicted molar refractivity (Wildman–Crippen MR) is 91.9 cm³/mol. The summed E-state index contributed by atoms with van der Waals surface area (Å²) in [7, 11) is 0. The zero-order valence-electron chi connectivity index (χ0n) is 12.4. The first-order valence-electron chi connectivity index (χ1n) is 6.89. The standard InChI is InChI=1S/C14H21N2OS3/c1-5-7-8-16-10(3)9-19-13(16)11-12(17)15(6-2)14(18-4)20-11/h9H,5-8H2,1-4H3/q+1. The summed E-state index contributed by atoms with van der Waals surface area (Å²) in [5.74, 6) is 0.161. The van der Waals surface area contributed by atoms with Crippen LogP contribution in [0.3, 0.4) is 0 Å². The van der Waals surface area contributed by atoms with Crippen molar-refractivity contribution >= 4 is 45.6 Å². The van der Waals surface area contributed by atoms with Gasteiger partial charge >= 0.3 is 5.91 Å². The van der Waals surface area contributed by atoms with Crippen LogP contribution in [0.1, 0.15) is 33.6 Å². The minimum atomic E-state index is 0.161. The molecule has 0 spiro atoms. The van der Waals surface area contributed by atoms with E-state index in [1.165, 1.54) is 12.1 Å². The minimum Gasteiger partial charge on any atom is -0.338 e. The number of thioether (sulfide) groups is 3. The van der Waals surface area contributed by atoms with Crippen LogP contribution in [0.4, 0.5) is 0 Å². The molecule has 0 fully saturated rings. The molecule has 1 amide bonds. The van der Waals surface area contributed by atoms with E-state index in [4.69, 9.17) is 0 Å². The number of nitrogens with zero attached hydrogens (tertiary/aromatic N) is 2. The number of carbonyl (C=O) groups is 1. The van der Waals surface area contributed by atoms with E-state index >= 15 is 0 Å². The lowest BCUT2D eigenvalue weighted by Gasteiger charge is -2.21. The van der Waals surface area contributed by atoms with Gasteiger partial charge in [-0.1, -0.05) is 36.9 Å². The fourth-order valence-corrected chi connectivity index (χ4v) is 5.29. The number of unbranched alkanes of at least 4 members (excludes halogenated alkanes) is 1. The van der Waals surface area contributed by atoms with Gasteiger partial charge in [-0.25, -0.2) is 4.79 Å². The van der Waals surface area contributed by atoms with E-state index in [1.807, 2.05) is 17.8 Å².